The van der Waals surface area contributed by atoms with Gasteiger partial charge in [0.2, 0.25) is 5.91 Å². The number of halogens is 5. The number of amides is 3. The Morgan fingerprint density at radius 3 is 2.62 bits per heavy atom. The van der Waals surface area contributed by atoms with Gasteiger partial charge in [-0.25, -0.2) is 20.1 Å². The third-order valence-corrected chi connectivity index (χ3v) is 5.37. The van der Waals surface area contributed by atoms with E-state index in [1.807, 2.05) is 0 Å². The van der Waals surface area contributed by atoms with Crippen molar-refractivity contribution in [2.75, 3.05) is 13.2 Å². The third-order valence-electron chi connectivity index (χ3n) is 4.95. The number of carbonyl (C=O) groups excluding carboxylic acids is 2. The average Bonchev–Trinajstić information content (AvgIpc) is 2.79. The van der Waals surface area contributed by atoms with Crippen LogP contribution in [0.25, 0.3) is 5.57 Å². The van der Waals surface area contributed by atoms with Crippen LogP contribution in [-0.4, -0.2) is 41.2 Å². The number of hydrazine groups is 1. The van der Waals surface area contributed by atoms with Crippen LogP contribution in [0, 0.1) is 5.82 Å². The van der Waals surface area contributed by atoms with E-state index in [1.54, 1.807) is 12.1 Å². The Morgan fingerprint density at radius 2 is 1.91 bits per heavy atom. The fourth-order valence-corrected chi connectivity index (χ4v) is 3.45. The summed E-state index contributed by atoms with van der Waals surface area (Å²) in [6.45, 7) is 1.08. The minimum absolute atomic E-state index is 0.0153. The lowest BCUT2D eigenvalue weighted by Gasteiger charge is -2.28. The van der Waals surface area contributed by atoms with Gasteiger partial charge in [-0.2, -0.15) is 13.2 Å². The monoisotopic (exact) mass is 500 g/mol. The first-order chi connectivity index (χ1) is 16.1. The van der Waals surface area contributed by atoms with E-state index in [2.05, 4.69) is 10.9 Å². The third kappa shape index (κ3) is 6.25. The van der Waals surface area contributed by atoms with Gasteiger partial charge in [0.15, 0.2) is 0 Å². The van der Waals surface area contributed by atoms with Crippen molar-refractivity contribution >= 4 is 29.1 Å². The van der Waals surface area contributed by atoms with Crippen molar-refractivity contribution in [3.8, 4) is 0 Å². The fourth-order valence-electron chi connectivity index (χ4n) is 3.25. The van der Waals surface area contributed by atoms with Gasteiger partial charge in [-0.05, 0) is 22.8 Å². The van der Waals surface area contributed by atoms with Crippen LogP contribution >= 0.6 is 11.6 Å². The van der Waals surface area contributed by atoms with Gasteiger partial charge in [-0.3, -0.25) is 19.5 Å². The molecule has 0 saturated heterocycles. The van der Waals surface area contributed by atoms with E-state index in [4.69, 9.17) is 16.4 Å². The molecule has 3 rings (SSSR count). The zero-order chi connectivity index (χ0) is 24.9. The maximum atomic E-state index is 13.5. The SMILES string of the molecule is CC(=O)N(CCONC(=O)N1C=C(C(F)(F)F)c2ccccc2C1)NCc1cccc(F)c1Cl. The summed E-state index contributed by atoms with van der Waals surface area (Å²) in [7, 11) is 0. The number of urea groups is 1. The minimum atomic E-state index is -4.64. The molecule has 1 aliphatic heterocycles. The standard InChI is InChI=1S/C22H21ClF4N4O3/c1-14(32)31(28-11-15-6-4-8-19(24)20(15)23)9-10-34-29-21(33)30-12-16-5-2-3-7-17(16)18(13-30)22(25,26)27/h2-8,13,28H,9-12H2,1H3,(H,29,33). The highest BCUT2D eigenvalue weighted by molar-refractivity contribution is 6.31. The molecule has 0 aliphatic carbocycles. The quantitative estimate of drug-likeness (QED) is 0.336. The lowest BCUT2D eigenvalue weighted by atomic mass is 9.96. The van der Waals surface area contributed by atoms with E-state index >= 15 is 0 Å². The number of allylic oxidation sites excluding steroid dienone is 1. The van der Waals surface area contributed by atoms with E-state index in [0.29, 0.717) is 11.1 Å². The normalized spacial score (nSPS) is 13.2. The van der Waals surface area contributed by atoms with Crippen LogP contribution in [0.4, 0.5) is 22.4 Å². The van der Waals surface area contributed by atoms with Gasteiger partial charge in [0, 0.05) is 19.7 Å². The summed E-state index contributed by atoms with van der Waals surface area (Å²) in [5, 5.41) is 1.10. The van der Waals surface area contributed by atoms with Gasteiger partial charge in [-0.15, -0.1) is 0 Å². The molecule has 1 heterocycles. The number of hydrogen-bond acceptors (Lipinski definition) is 4. The molecule has 0 bridgehead atoms. The molecule has 3 amide bonds. The molecule has 2 aromatic carbocycles. The number of fused-ring (bicyclic) bond motifs is 1. The van der Waals surface area contributed by atoms with Gasteiger partial charge < -0.3 is 0 Å². The van der Waals surface area contributed by atoms with Gasteiger partial charge >= 0.3 is 12.2 Å². The molecule has 1 aliphatic rings. The van der Waals surface area contributed by atoms with E-state index in [9.17, 15) is 27.2 Å². The first-order valence-electron chi connectivity index (χ1n) is 10.1. The summed E-state index contributed by atoms with van der Waals surface area (Å²) in [5.74, 6) is -0.975. The molecule has 12 heteroatoms. The number of hydroxylamine groups is 1. The molecule has 0 radical (unpaired) electrons. The molecule has 0 spiro atoms. The highest BCUT2D eigenvalue weighted by Crippen LogP contribution is 2.38. The predicted molar refractivity (Wildman–Crippen MR) is 116 cm³/mol. The van der Waals surface area contributed by atoms with Crippen LogP contribution < -0.4 is 10.9 Å². The number of carbonyl (C=O) groups is 2. The Balaban J connectivity index is 1.53. The first-order valence-corrected chi connectivity index (χ1v) is 10.5. The number of alkyl halides is 3. The maximum absolute atomic E-state index is 13.5. The second kappa shape index (κ2) is 10.9. The Morgan fingerprint density at radius 1 is 1.18 bits per heavy atom. The smallest absolute Gasteiger partial charge is 0.294 e. The summed E-state index contributed by atoms with van der Waals surface area (Å²) >= 11 is 5.89. The summed E-state index contributed by atoms with van der Waals surface area (Å²) in [5.41, 5.74) is 4.71. The second-order valence-electron chi connectivity index (χ2n) is 7.30. The molecule has 0 fully saturated rings. The zero-order valence-electron chi connectivity index (χ0n) is 18.0. The molecular weight excluding hydrogens is 480 g/mol. The molecule has 2 N–H and O–H groups in total. The molecule has 0 atom stereocenters. The van der Waals surface area contributed by atoms with Crippen molar-refractivity contribution < 1.29 is 32.0 Å². The van der Waals surface area contributed by atoms with Crippen molar-refractivity contribution in [1.82, 2.24) is 20.8 Å². The molecule has 7 nitrogen and oxygen atoms in total. The molecule has 0 saturated carbocycles. The van der Waals surface area contributed by atoms with Gasteiger partial charge in [0.25, 0.3) is 0 Å². The Labute approximate surface area is 197 Å². The zero-order valence-corrected chi connectivity index (χ0v) is 18.7. The van der Waals surface area contributed by atoms with E-state index in [1.165, 1.54) is 42.3 Å². The van der Waals surface area contributed by atoms with Gasteiger partial charge in [0.05, 0.1) is 30.3 Å². The van der Waals surface area contributed by atoms with Crippen LogP contribution in [0.5, 0.6) is 0 Å². The summed E-state index contributed by atoms with van der Waals surface area (Å²) < 4.78 is 53.9. The van der Waals surface area contributed by atoms with Gasteiger partial charge in [0.1, 0.15) is 5.82 Å². The maximum Gasteiger partial charge on any atom is 0.418 e. The Hall–Kier alpha value is -3.15. The number of hydrogen-bond donors (Lipinski definition) is 2. The summed E-state index contributed by atoms with van der Waals surface area (Å²) in [6, 6.07) is 9.32. The Bertz CT molecular complexity index is 1090. The second-order valence-corrected chi connectivity index (χ2v) is 7.68. The van der Waals surface area contributed by atoms with Crippen LogP contribution in [0.1, 0.15) is 23.6 Å². The van der Waals surface area contributed by atoms with Crippen molar-refractivity contribution in [3.63, 3.8) is 0 Å². The molecule has 34 heavy (non-hydrogen) atoms. The average molecular weight is 501 g/mol. The van der Waals surface area contributed by atoms with Crippen molar-refractivity contribution in [1.29, 1.82) is 0 Å². The number of nitrogens with zero attached hydrogens (tertiary/aromatic N) is 2. The minimum Gasteiger partial charge on any atom is -0.294 e. The van der Waals surface area contributed by atoms with Crippen molar-refractivity contribution in [2.24, 2.45) is 0 Å². The lowest BCUT2D eigenvalue weighted by molar-refractivity contribution is -0.133. The molecule has 0 aromatic heterocycles. The number of benzene rings is 2. The van der Waals surface area contributed by atoms with Crippen molar-refractivity contribution in [2.45, 2.75) is 26.2 Å². The van der Waals surface area contributed by atoms with Gasteiger partial charge in [-0.1, -0.05) is 48.0 Å². The van der Waals surface area contributed by atoms with Crippen LogP contribution in [0.15, 0.2) is 48.7 Å². The van der Waals surface area contributed by atoms with Crippen LogP contribution in [0.2, 0.25) is 5.02 Å². The highest BCUT2D eigenvalue weighted by Gasteiger charge is 2.39. The predicted octanol–water partition coefficient (Wildman–Crippen LogP) is 4.39. The summed E-state index contributed by atoms with van der Waals surface area (Å²) in [6.07, 6.45) is -3.92. The van der Waals surface area contributed by atoms with Crippen molar-refractivity contribution in [3.05, 3.63) is 76.2 Å². The highest BCUT2D eigenvalue weighted by atomic mass is 35.5. The van der Waals surface area contributed by atoms with E-state index < -0.39 is 23.6 Å². The molecule has 182 valence electrons. The van der Waals surface area contributed by atoms with Crippen LogP contribution in [-0.2, 0) is 22.7 Å². The number of rotatable bonds is 7. The lowest BCUT2D eigenvalue weighted by Crippen LogP contribution is -2.45. The molecular formula is C22H21ClF4N4O3. The summed E-state index contributed by atoms with van der Waals surface area (Å²) in [4.78, 5) is 30.1. The largest absolute Gasteiger partial charge is 0.418 e. The Kier molecular flexibility index (Phi) is 8.13. The topological polar surface area (TPSA) is 73.9 Å². The molecule has 0 unspecified atom stereocenters. The number of nitrogens with one attached hydrogen (secondary N) is 2. The van der Waals surface area contributed by atoms with Crippen LogP contribution in [0.3, 0.4) is 0 Å². The van der Waals surface area contributed by atoms with E-state index in [0.717, 1.165) is 11.1 Å². The van der Waals surface area contributed by atoms with E-state index in [-0.39, 0.29) is 42.7 Å². The first kappa shape index (κ1) is 25.5. The fraction of sp³-hybridized carbons (Fsp3) is 0.273. The molecule has 2 aromatic rings.